The van der Waals surface area contributed by atoms with Crippen LogP contribution in [0.25, 0.3) is 0 Å². The summed E-state index contributed by atoms with van der Waals surface area (Å²) in [6.07, 6.45) is -8.69. The van der Waals surface area contributed by atoms with Gasteiger partial charge in [0.1, 0.15) is 47.6 Å². The molecule has 180 valence electrons. The lowest BCUT2D eigenvalue weighted by atomic mass is 9.79. The van der Waals surface area contributed by atoms with Crippen LogP contribution in [0.15, 0.2) is 30.3 Å². The fourth-order valence-corrected chi connectivity index (χ4v) is 4.00. The Morgan fingerprint density at radius 2 is 1.64 bits per heavy atom. The highest BCUT2D eigenvalue weighted by atomic mass is 16.6. The van der Waals surface area contributed by atoms with Gasteiger partial charge >= 0.3 is 0 Å². The maximum absolute atomic E-state index is 12.9. The number of ketones is 1. The van der Waals surface area contributed by atoms with E-state index in [1.54, 1.807) is 0 Å². The molecule has 0 radical (unpaired) electrons. The molecule has 0 amide bonds. The van der Waals surface area contributed by atoms with Gasteiger partial charge in [-0.05, 0) is 36.8 Å². The number of ether oxygens (including phenoxy) is 1. The average Bonchev–Trinajstić information content (AvgIpc) is 2.77. The van der Waals surface area contributed by atoms with Crippen LogP contribution in [-0.2, 0) is 16.8 Å². The van der Waals surface area contributed by atoms with Crippen LogP contribution in [-0.4, -0.2) is 88.9 Å². The van der Waals surface area contributed by atoms with E-state index < -0.39 is 76.9 Å². The number of phenolic OH excluding ortho intramolecular Hbond substituents is 4. The predicted octanol–water partition coefficient (Wildman–Crippen LogP) is -1.02. The van der Waals surface area contributed by atoms with Crippen LogP contribution in [0, 0.1) is 0 Å². The second kappa shape index (κ2) is 9.14. The molecule has 9 N–H and O–H groups in total. The van der Waals surface area contributed by atoms with E-state index in [2.05, 4.69) is 0 Å². The minimum atomic E-state index is -2.05. The summed E-state index contributed by atoms with van der Waals surface area (Å²) >= 11 is 0. The van der Waals surface area contributed by atoms with E-state index in [9.17, 15) is 50.8 Å². The van der Waals surface area contributed by atoms with Gasteiger partial charge in [-0.3, -0.25) is 4.79 Å². The molecule has 0 aromatic heterocycles. The Labute approximate surface area is 188 Å². The van der Waals surface area contributed by atoms with Gasteiger partial charge in [-0.15, -0.1) is 0 Å². The van der Waals surface area contributed by atoms with Crippen molar-refractivity contribution < 1.29 is 55.5 Å². The summed E-state index contributed by atoms with van der Waals surface area (Å²) in [7, 11) is 0. The predicted molar refractivity (Wildman–Crippen MR) is 111 cm³/mol. The molecule has 2 aromatic carbocycles. The SMILES string of the molecule is CC1(c2c(O)ccc(C(=O)C(O)Cc3ccc(O)c(O)c3)c2O)OC(CO)C(O)C(O)C1O. The van der Waals surface area contributed by atoms with Crippen molar-refractivity contribution in [1.82, 2.24) is 0 Å². The quantitative estimate of drug-likeness (QED) is 0.186. The van der Waals surface area contributed by atoms with Crippen molar-refractivity contribution in [2.45, 2.75) is 49.5 Å². The van der Waals surface area contributed by atoms with Crippen molar-refractivity contribution >= 4 is 5.78 Å². The lowest BCUT2D eigenvalue weighted by Crippen LogP contribution is -2.62. The number of carbonyl (C=O) groups excluding carboxylic acids is 1. The number of hydrogen-bond donors (Lipinski definition) is 9. The fraction of sp³-hybridized carbons (Fsp3) is 0.409. The normalized spacial score (nSPS) is 28.4. The number of benzene rings is 2. The molecule has 0 spiro atoms. The summed E-state index contributed by atoms with van der Waals surface area (Å²) in [5, 5.41) is 90.7. The van der Waals surface area contributed by atoms with Crippen LogP contribution >= 0.6 is 0 Å². The number of rotatable bonds is 6. The monoisotopic (exact) mass is 466 g/mol. The molecule has 3 rings (SSSR count). The smallest absolute Gasteiger partial charge is 0.195 e. The number of carbonyl (C=O) groups is 1. The topological polar surface area (TPSA) is 208 Å². The maximum Gasteiger partial charge on any atom is 0.195 e. The van der Waals surface area contributed by atoms with E-state index in [0.717, 1.165) is 18.2 Å². The highest BCUT2D eigenvalue weighted by molar-refractivity contribution is 6.02. The molecule has 2 aromatic rings. The van der Waals surface area contributed by atoms with Crippen LogP contribution in [0.2, 0.25) is 0 Å². The van der Waals surface area contributed by atoms with Crippen LogP contribution in [0.3, 0.4) is 0 Å². The fourth-order valence-electron chi connectivity index (χ4n) is 4.00. The average molecular weight is 466 g/mol. The molecular formula is C22H26O11. The van der Waals surface area contributed by atoms with Gasteiger partial charge in [0.2, 0.25) is 0 Å². The molecule has 6 atom stereocenters. The summed E-state index contributed by atoms with van der Waals surface area (Å²) in [6, 6.07) is 5.78. The van der Waals surface area contributed by atoms with E-state index in [0.29, 0.717) is 5.56 Å². The molecule has 1 saturated heterocycles. The van der Waals surface area contributed by atoms with Gasteiger partial charge in [-0.25, -0.2) is 0 Å². The van der Waals surface area contributed by atoms with E-state index in [4.69, 9.17) is 4.74 Å². The molecule has 11 nitrogen and oxygen atoms in total. The molecule has 1 aliphatic rings. The first-order chi connectivity index (χ1) is 15.4. The second-order valence-electron chi connectivity index (χ2n) is 8.14. The zero-order valence-electron chi connectivity index (χ0n) is 17.5. The largest absolute Gasteiger partial charge is 0.507 e. The van der Waals surface area contributed by atoms with E-state index in [1.165, 1.54) is 19.1 Å². The molecule has 1 heterocycles. The van der Waals surface area contributed by atoms with Crippen LogP contribution < -0.4 is 0 Å². The van der Waals surface area contributed by atoms with Gasteiger partial charge in [0, 0.05) is 6.42 Å². The summed E-state index contributed by atoms with van der Waals surface area (Å²) < 4.78 is 5.53. The molecule has 6 unspecified atom stereocenters. The van der Waals surface area contributed by atoms with Crippen LogP contribution in [0.5, 0.6) is 23.0 Å². The minimum Gasteiger partial charge on any atom is -0.507 e. The Morgan fingerprint density at radius 3 is 2.24 bits per heavy atom. The van der Waals surface area contributed by atoms with Gasteiger partial charge < -0.3 is 50.7 Å². The third-order valence-electron chi connectivity index (χ3n) is 5.88. The Hall–Kier alpha value is -2.93. The maximum atomic E-state index is 12.9. The van der Waals surface area contributed by atoms with Gasteiger partial charge in [-0.1, -0.05) is 6.07 Å². The molecule has 1 aliphatic heterocycles. The molecule has 0 aliphatic carbocycles. The number of Topliss-reactive ketones (excluding diaryl/α,β-unsaturated/α-hetero) is 1. The van der Waals surface area contributed by atoms with E-state index in [-0.39, 0.29) is 12.2 Å². The Morgan fingerprint density at radius 1 is 1.00 bits per heavy atom. The lowest BCUT2D eigenvalue weighted by Gasteiger charge is -2.47. The van der Waals surface area contributed by atoms with E-state index in [1.807, 2.05) is 0 Å². The highest BCUT2D eigenvalue weighted by Crippen LogP contribution is 2.47. The van der Waals surface area contributed by atoms with Crippen molar-refractivity contribution in [2.24, 2.45) is 0 Å². The van der Waals surface area contributed by atoms with Gasteiger partial charge in [0.05, 0.1) is 17.7 Å². The number of hydrogen-bond acceptors (Lipinski definition) is 11. The first kappa shape index (κ1) is 24.7. The molecular weight excluding hydrogens is 440 g/mol. The summed E-state index contributed by atoms with van der Waals surface area (Å²) in [5.41, 5.74) is -2.66. The summed E-state index contributed by atoms with van der Waals surface area (Å²) in [6.45, 7) is 0.437. The van der Waals surface area contributed by atoms with Crippen LogP contribution in [0.1, 0.15) is 28.4 Å². The molecule has 33 heavy (non-hydrogen) atoms. The number of aliphatic hydroxyl groups excluding tert-OH is 5. The molecule has 0 saturated carbocycles. The summed E-state index contributed by atoms with van der Waals surface area (Å²) in [4.78, 5) is 12.9. The van der Waals surface area contributed by atoms with Crippen LogP contribution in [0.4, 0.5) is 0 Å². The second-order valence-corrected chi connectivity index (χ2v) is 8.14. The lowest BCUT2D eigenvalue weighted by molar-refractivity contribution is -0.274. The number of phenols is 4. The Bertz CT molecular complexity index is 1040. The van der Waals surface area contributed by atoms with Crippen molar-refractivity contribution in [2.75, 3.05) is 6.61 Å². The third-order valence-corrected chi connectivity index (χ3v) is 5.88. The minimum absolute atomic E-state index is 0.282. The zero-order valence-corrected chi connectivity index (χ0v) is 17.5. The van der Waals surface area contributed by atoms with Gasteiger partial charge in [0.15, 0.2) is 17.3 Å². The number of aromatic hydroxyl groups is 4. The highest BCUT2D eigenvalue weighted by Gasteiger charge is 2.54. The first-order valence-corrected chi connectivity index (χ1v) is 10.0. The van der Waals surface area contributed by atoms with E-state index >= 15 is 0 Å². The standard InChI is InChI=1S/C22H26O11/c1-22(21(32)20(31)19(30)15(8-23)33-22)16-12(25)5-3-10(18(16)29)17(28)14(27)7-9-2-4-11(24)13(26)6-9/h2-6,14-15,19-21,23-27,29-32H,7-8H2,1H3. The Kier molecular flexibility index (Phi) is 6.84. The van der Waals surface area contributed by atoms with Crippen molar-refractivity contribution in [1.29, 1.82) is 0 Å². The van der Waals surface area contributed by atoms with Gasteiger partial charge in [-0.2, -0.15) is 0 Å². The molecule has 0 bridgehead atoms. The summed E-state index contributed by atoms with van der Waals surface area (Å²) in [5.74, 6) is -3.24. The zero-order chi connectivity index (χ0) is 24.7. The molecule has 1 fully saturated rings. The van der Waals surface area contributed by atoms with Crippen molar-refractivity contribution in [3.05, 3.63) is 47.0 Å². The first-order valence-electron chi connectivity index (χ1n) is 10.0. The molecule has 11 heteroatoms. The Balaban J connectivity index is 1.97. The van der Waals surface area contributed by atoms with Crippen molar-refractivity contribution in [3.63, 3.8) is 0 Å². The third kappa shape index (κ3) is 4.34. The van der Waals surface area contributed by atoms with Crippen molar-refractivity contribution in [3.8, 4) is 23.0 Å². The van der Waals surface area contributed by atoms with Gasteiger partial charge in [0.25, 0.3) is 0 Å². The number of aliphatic hydroxyl groups is 5.